The monoisotopic (exact) mass is 143 g/mol. The largest absolute Gasteiger partial charge is 0.360 e. The van der Waals surface area contributed by atoms with Crippen LogP contribution in [0.3, 0.4) is 0 Å². The van der Waals surface area contributed by atoms with Crippen molar-refractivity contribution in [3.05, 3.63) is 0 Å². The zero-order valence-corrected chi connectivity index (χ0v) is 6.79. The standard InChI is InChI=1S/C7H15N2O/c1-4-9(8)5-7(3)6(2)10-7/h4,6H,5,8H2,1-3H3/q+1/b9-4-. The second-order valence-electron chi connectivity index (χ2n) is 3.00. The zero-order chi connectivity index (χ0) is 7.78. The van der Waals surface area contributed by atoms with Gasteiger partial charge in [0.15, 0.2) is 11.8 Å². The normalized spacial score (nSPS) is 39.9. The van der Waals surface area contributed by atoms with Crippen molar-refractivity contribution in [3.63, 3.8) is 0 Å². The van der Waals surface area contributed by atoms with Crippen LogP contribution in [0.15, 0.2) is 0 Å². The van der Waals surface area contributed by atoms with E-state index in [0.717, 1.165) is 6.54 Å². The van der Waals surface area contributed by atoms with Gasteiger partial charge in [-0.2, -0.15) is 0 Å². The highest BCUT2D eigenvalue weighted by molar-refractivity contribution is 5.46. The molecule has 10 heavy (non-hydrogen) atoms. The Bertz CT molecular complexity index is 167. The maximum absolute atomic E-state index is 5.56. The number of rotatable bonds is 2. The minimum atomic E-state index is 0.00125. The number of hydrazone groups is 1. The molecule has 1 fully saturated rings. The van der Waals surface area contributed by atoms with Crippen molar-refractivity contribution in [1.82, 2.24) is 0 Å². The molecular formula is C7H15N2O+. The van der Waals surface area contributed by atoms with Gasteiger partial charge in [0, 0.05) is 6.92 Å². The summed E-state index contributed by atoms with van der Waals surface area (Å²) in [6.45, 7) is 6.82. The first kappa shape index (κ1) is 7.54. The number of hydrogen-bond donors (Lipinski definition) is 1. The van der Waals surface area contributed by atoms with Gasteiger partial charge in [0.2, 0.25) is 6.54 Å². The lowest BCUT2D eigenvalue weighted by molar-refractivity contribution is -0.542. The molecule has 0 bridgehead atoms. The molecule has 0 aromatic heterocycles. The van der Waals surface area contributed by atoms with Crippen LogP contribution >= 0.6 is 0 Å². The Labute approximate surface area is 61.5 Å². The SMILES string of the molecule is C/C=[N+](\N)CC1(C)OC1C. The van der Waals surface area contributed by atoms with Crippen LogP contribution in [-0.2, 0) is 4.74 Å². The Hall–Kier alpha value is -0.570. The van der Waals surface area contributed by atoms with E-state index in [1.54, 1.807) is 4.68 Å². The van der Waals surface area contributed by atoms with Crippen LogP contribution < -0.4 is 5.84 Å². The molecule has 0 radical (unpaired) electrons. The van der Waals surface area contributed by atoms with Gasteiger partial charge in [0.1, 0.15) is 0 Å². The van der Waals surface area contributed by atoms with E-state index in [0.29, 0.717) is 6.10 Å². The maximum atomic E-state index is 5.56. The first-order chi connectivity index (χ1) is 4.58. The Balaban J connectivity index is 2.40. The second kappa shape index (κ2) is 2.23. The van der Waals surface area contributed by atoms with Gasteiger partial charge in [-0.25, -0.2) is 5.84 Å². The van der Waals surface area contributed by atoms with Crippen LogP contribution in [0, 0.1) is 0 Å². The van der Waals surface area contributed by atoms with Gasteiger partial charge in [0.25, 0.3) is 0 Å². The summed E-state index contributed by atoms with van der Waals surface area (Å²) >= 11 is 0. The van der Waals surface area contributed by atoms with E-state index in [9.17, 15) is 0 Å². The lowest BCUT2D eigenvalue weighted by Crippen LogP contribution is -2.31. The summed E-state index contributed by atoms with van der Waals surface area (Å²) in [6, 6.07) is 0. The van der Waals surface area contributed by atoms with Crippen molar-refractivity contribution < 1.29 is 9.42 Å². The van der Waals surface area contributed by atoms with Crippen LogP contribution in [0.5, 0.6) is 0 Å². The summed E-state index contributed by atoms with van der Waals surface area (Å²) in [5.41, 5.74) is 0.00125. The van der Waals surface area contributed by atoms with Gasteiger partial charge in [-0.1, -0.05) is 0 Å². The molecule has 0 aliphatic carbocycles. The van der Waals surface area contributed by atoms with Gasteiger partial charge in [0.05, 0.1) is 6.10 Å². The average Bonchev–Trinajstić information content (AvgIpc) is 2.40. The van der Waals surface area contributed by atoms with Crippen molar-refractivity contribution in [2.45, 2.75) is 32.5 Å². The Kier molecular flexibility index (Phi) is 1.68. The molecular weight excluding hydrogens is 128 g/mol. The quantitative estimate of drug-likeness (QED) is 0.196. The third-order valence-electron chi connectivity index (χ3n) is 2.08. The third kappa shape index (κ3) is 1.29. The van der Waals surface area contributed by atoms with E-state index in [1.807, 2.05) is 13.1 Å². The number of nitrogens with two attached hydrogens (primary N) is 1. The first-order valence-electron chi connectivity index (χ1n) is 3.57. The Morgan fingerprint density at radius 3 is 2.60 bits per heavy atom. The highest BCUT2D eigenvalue weighted by Gasteiger charge is 2.52. The molecule has 0 amide bonds. The Morgan fingerprint density at radius 1 is 1.80 bits per heavy atom. The summed E-state index contributed by atoms with van der Waals surface area (Å²) in [5, 5.41) is 0. The fourth-order valence-corrected chi connectivity index (χ4v) is 0.989. The molecule has 1 aliphatic heterocycles. The number of ether oxygens (including phenoxy) is 1. The molecule has 2 atom stereocenters. The molecule has 3 nitrogen and oxygen atoms in total. The van der Waals surface area contributed by atoms with Crippen molar-refractivity contribution in [3.8, 4) is 0 Å². The number of hydrazine groups is 1. The zero-order valence-electron chi connectivity index (χ0n) is 6.79. The first-order valence-corrected chi connectivity index (χ1v) is 3.57. The van der Waals surface area contributed by atoms with E-state index >= 15 is 0 Å². The molecule has 1 heterocycles. The van der Waals surface area contributed by atoms with Gasteiger partial charge in [-0.05, 0) is 13.8 Å². The van der Waals surface area contributed by atoms with E-state index in [-0.39, 0.29) is 5.60 Å². The molecule has 1 saturated heterocycles. The van der Waals surface area contributed by atoms with Crippen LogP contribution in [0.1, 0.15) is 20.8 Å². The van der Waals surface area contributed by atoms with E-state index in [2.05, 4.69) is 13.8 Å². The van der Waals surface area contributed by atoms with Gasteiger partial charge < -0.3 is 4.74 Å². The van der Waals surface area contributed by atoms with Crippen LogP contribution in [0.4, 0.5) is 0 Å². The van der Waals surface area contributed by atoms with Crippen molar-refractivity contribution in [1.29, 1.82) is 0 Å². The van der Waals surface area contributed by atoms with Crippen LogP contribution in [0.25, 0.3) is 0 Å². The third-order valence-corrected chi connectivity index (χ3v) is 2.08. The molecule has 0 saturated carbocycles. The van der Waals surface area contributed by atoms with Crippen LogP contribution in [0.2, 0.25) is 0 Å². The molecule has 1 rings (SSSR count). The van der Waals surface area contributed by atoms with Gasteiger partial charge in [-0.15, -0.1) is 4.68 Å². The molecule has 0 aromatic rings. The number of hydrogen-bond acceptors (Lipinski definition) is 2. The number of nitrogens with zero attached hydrogens (tertiary/aromatic N) is 1. The maximum Gasteiger partial charge on any atom is 0.201 e. The summed E-state index contributed by atoms with van der Waals surface area (Å²) in [4.78, 5) is 0. The fourth-order valence-electron chi connectivity index (χ4n) is 0.989. The summed E-state index contributed by atoms with van der Waals surface area (Å²) in [5.74, 6) is 5.56. The Morgan fingerprint density at radius 2 is 2.30 bits per heavy atom. The molecule has 1 aliphatic rings. The molecule has 2 unspecified atom stereocenters. The predicted molar refractivity (Wildman–Crippen MR) is 40.0 cm³/mol. The van der Waals surface area contributed by atoms with Crippen LogP contribution in [-0.4, -0.2) is 29.1 Å². The molecule has 3 heteroatoms. The van der Waals surface area contributed by atoms with Crippen molar-refractivity contribution in [2.24, 2.45) is 5.84 Å². The minimum Gasteiger partial charge on any atom is -0.360 e. The summed E-state index contributed by atoms with van der Waals surface area (Å²) in [7, 11) is 0. The summed E-state index contributed by atoms with van der Waals surface area (Å²) in [6.07, 6.45) is 2.21. The molecule has 2 N–H and O–H groups in total. The van der Waals surface area contributed by atoms with Crippen molar-refractivity contribution >= 4 is 6.21 Å². The van der Waals surface area contributed by atoms with E-state index in [1.165, 1.54) is 0 Å². The molecule has 58 valence electrons. The highest BCUT2D eigenvalue weighted by Crippen LogP contribution is 2.34. The van der Waals surface area contributed by atoms with Gasteiger partial charge >= 0.3 is 0 Å². The van der Waals surface area contributed by atoms with Gasteiger partial charge in [-0.3, -0.25) is 0 Å². The number of epoxide rings is 1. The second-order valence-corrected chi connectivity index (χ2v) is 3.00. The average molecular weight is 143 g/mol. The lowest BCUT2D eigenvalue weighted by atomic mass is 10.1. The lowest BCUT2D eigenvalue weighted by Gasteiger charge is -1.98. The fraction of sp³-hybridized carbons (Fsp3) is 0.857. The highest BCUT2D eigenvalue weighted by atomic mass is 16.6. The molecule has 0 spiro atoms. The van der Waals surface area contributed by atoms with Crippen molar-refractivity contribution in [2.75, 3.05) is 6.54 Å². The molecule has 0 aromatic carbocycles. The van der Waals surface area contributed by atoms with E-state index < -0.39 is 0 Å². The smallest absolute Gasteiger partial charge is 0.201 e. The topological polar surface area (TPSA) is 41.6 Å². The van der Waals surface area contributed by atoms with E-state index in [4.69, 9.17) is 10.6 Å². The predicted octanol–water partition coefficient (Wildman–Crippen LogP) is 0.141. The minimum absolute atomic E-state index is 0.00125. The summed E-state index contributed by atoms with van der Waals surface area (Å²) < 4.78 is 6.99.